The molecule has 1 N–H and O–H groups in total. The molecule has 2 heterocycles. The lowest BCUT2D eigenvalue weighted by Gasteiger charge is -2.01. The Morgan fingerprint density at radius 2 is 1.75 bits per heavy atom. The zero-order valence-electron chi connectivity index (χ0n) is 12.8. The summed E-state index contributed by atoms with van der Waals surface area (Å²) in [5.41, 5.74) is 2.72. The van der Waals surface area contributed by atoms with Crippen LogP contribution >= 0.6 is 0 Å². The number of nitrogens with one attached hydrogen (secondary N) is 1. The fourth-order valence-corrected chi connectivity index (χ4v) is 2.61. The number of aromatic nitrogens is 2. The van der Waals surface area contributed by atoms with E-state index in [-0.39, 0.29) is 11.6 Å². The SMILES string of the molecule is Cc1c(C(=O)Nc2nonc2-c2ccccc2)oc2ccccc12. The van der Waals surface area contributed by atoms with E-state index >= 15 is 0 Å². The van der Waals surface area contributed by atoms with Crippen LogP contribution in [0.15, 0.2) is 63.6 Å². The second-order valence-electron chi connectivity index (χ2n) is 5.33. The van der Waals surface area contributed by atoms with E-state index in [1.807, 2.05) is 61.5 Å². The van der Waals surface area contributed by atoms with Gasteiger partial charge in [0, 0.05) is 16.5 Å². The summed E-state index contributed by atoms with van der Waals surface area (Å²) >= 11 is 0. The summed E-state index contributed by atoms with van der Waals surface area (Å²) < 4.78 is 10.4. The van der Waals surface area contributed by atoms with Crippen LogP contribution < -0.4 is 5.32 Å². The van der Waals surface area contributed by atoms with Crippen LogP contribution in [0, 0.1) is 6.92 Å². The standard InChI is InChI=1S/C18H13N3O3/c1-11-13-9-5-6-10-14(13)23-16(11)18(22)19-17-15(20-24-21-17)12-7-3-2-4-8-12/h2-10H,1H3,(H,19,21,22). The number of rotatable bonds is 3. The third kappa shape index (κ3) is 2.34. The van der Waals surface area contributed by atoms with Gasteiger partial charge in [0.15, 0.2) is 11.5 Å². The molecule has 0 atom stereocenters. The fraction of sp³-hybridized carbons (Fsp3) is 0.0556. The Morgan fingerprint density at radius 3 is 2.54 bits per heavy atom. The molecule has 4 rings (SSSR count). The molecular weight excluding hydrogens is 306 g/mol. The van der Waals surface area contributed by atoms with Crippen molar-refractivity contribution >= 4 is 22.7 Å². The van der Waals surface area contributed by atoms with Crippen molar-refractivity contribution in [1.82, 2.24) is 10.3 Å². The number of amides is 1. The van der Waals surface area contributed by atoms with Crippen LogP contribution in [0.3, 0.4) is 0 Å². The Labute approximate surface area is 137 Å². The summed E-state index contributed by atoms with van der Waals surface area (Å²) in [6, 6.07) is 16.9. The first-order valence-corrected chi connectivity index (χ1v) is 7.41. The Bertz CT molecular complexity index is 1020. The lowest BCUT2D eigenvalue weighted by molar-refractivity contribution is 0.0997. The molecule has 24 heavy (non-hydrogen) atoms. The lowest BCUT2D eigenvalue weighted by Crippen LogP contribution is -2.13. The van der Waals surface area contributed by atoms with Crippen LogP contribution in [0.5, 0.6) is 0 Å². The van der Waals surface area contributed by atoms with Crippen molar-refractivity contribution in [1.29, 1.82) is 0 Å². The predicted octanol–water partition coefficient (Wildman–Crippen LogP) is 4.04. The van der Waals surface area contributed by atoms with Gasteiger partial charge in [-0.25, -0.2) is 4.63 Å². The minimum Gasteiger partial charge on any atom is -0.451 e. The molecule has 0 aliphatic heterocycles. The van der Waals surface area contributed by atoms with Crippen molar-refractivity contribution in [2.24, 2.45) is 0 Å². The highest BCUT2D eigenvalue weighted by molar-refractivity contribution is 6.07. The summed E-state index contributed by atoms with van der Waals surface area (Å²) in [7, 11) is 0. The molecule has 0 saturated carbocycles. The molecule has 0 unspecified atom stereocenters. The number of aryl methyl sites for hydroxylation is 1. The number of carbonyl (C=O) groups is 1. The zero-order chi connectivity index (χ0) is 16.5. The highest BCUT2D eigenvalue weighted by Gasteiger charge is 2.21. The van der Waals surface area contributed by atoms with E-state index in [4.69, 9.17) is 9.05 Å². The smallest absolute Gasteiger partial charge is 0.292 e. The molecule has 0 fully saturated rings. The molecule has 0 spiro atoms. The van der Waals surface area contributed by atoms with Crippen LogP contribution in [0.1, 0.15) is 16.1 Å². The van der Waals surface area contributed by atoms with Gasteiger partial charge in [-0.15, -0.1) is 0 Å². The normalized spacial score (nSPS) is 10.9. The summed E-state index contributed by atoms with van der Waals surface area (Å²) in [5, 5.41) is 11.3. The van der Waals surface area contributed by atoms with Crippen LogP contribution in [0.25, 0.3) is 22.2 Å². The van der Waals surface area contributed by atoms with E-state index in [1.54, 1.807) is 0 Å². The molecule has 0 aliphatic rings. The van der Waals surface area contributed by atoms with Gasteiger partial charge in [0.05, 0.1) is 0 Å². The van der Waals surface area contributed by atoms with E-state index in [0.29, 0.717) is 11.3 Å². The lowest BCUT2D eigenvalue weighted by atomic mass is 10.1. The van der Waals surface area contributed by atoms with Gasteiger partial charge in [0.1, 0.15) is 5.58 Å². The summed E-state index contributed by atoms with van der Waals surface area (Å²) in [4.78, 5) is 12.6. The van der Waals surface area contributed by atoms with Crippen LogP contribution in [-0.2, 0) is 0 Å². The molecule has 118 valence electrons. The molecule has 1 amide bonds. The van der Waals surface area contributed by atoms with E-state index in [0.717, 1.165) is 16.5 Å². The Morgan fingerprint density at radius 1 is 1.00 bits per heavy atom. The first kappa shape index (κ1) is 14.2. The van der Waals surface area contributed by atoms with Gasteiger partial charge in [-0.05, 0) is 23.3 Å². The van der Waals surface area contributed by atoms with Crippen molar-refractivity contribution in [3.8, 4) is 11.3 Å². The van der Waals surface area contributed by atoms with E-state index in [2.05, 4.69) is 15.6 Å². The van der Waals surface area contributed by atoms with Gasteiger partial charge >= 0.3 is 0 Å². The maximum Gasteiger partial charge on any atom is 0.292 e. The maximum absolute atomic E-state index is 12.6. The highest BCUT2D eigenvalue weighted by Crippen LogP contribution is 2.27. The molecule has 0 aliphatic carbocycles. The topological polar surface area (TPSA) is 81.2 Å². The summed E-state index contributed by atoms with van der Waals surface area (Å²) in [6.07, 6.45) is 0. The molecule has 6 heteroatoms. The molecule has 2 aromatic carbocycles. The average Bonchev–Trinajstić information content (AvgIpc) is 3.21. The van der Waals surface area contributed by atoms with Crippen LogP contribution in [-0.4, -0.2) is 16.2 Å². The fourth-order valence-electron chi connectivity index (χ4n) is 2.61. The van der Waals surface area contributed by atoms with Crippen LogP contribution in [0.2, 0.25) is 0 Å². The van der Waals surface area contributed by atoms with Gasteiger partial charge in [-0.2, -0.15) is 0 Å². The number of para-hydroxylation sites is 1. The number of benzene rings is 2. The molecule has 0 radical (unpaired) electrons. The third-order valence-corrected chi connectivity index (χ3v) is 3.82. The number of carbonyl (C=O) groups excluding carboxylic acids is 1. The third-order valence-electron chi connectivity index (χ3n) is 3.82. The highest BCUT2D eigenvalue weighted by atomic mass is 16.6. The second kappa shape index (κ2) is 5.66. The van der Waals surface area contributed by atoms with Gasteiger partial charge < -0.3 is 4.42 Å². The maximum atomic E-state index is 12.6. The summed E-state index contributed by atoms with van der Waals surface area (Å²) in [5.74, 6) is 0.112. The van der Waals surface area contributed by atoms with E-state index < -0.39 is 5.91 Å². The van der Waals surface area contributed by atoms with Crippen molar-refractivity contribution < 1.29 is 13.8 Å². The number of anilines is 1. The number of hydrogen-bond donors (Lipinski definition) is 1. The molecule has 2 aromatic heterocycles. The quantitative estimate of drug-likeness (QED) is 0.616. The molecule has 6 nitrogen and oxygen atoms in total. The van der Waals surface area contributed by atoms with Crippen molar-refractivity contribution in [3.63, 3.8) is 0 Å². The molecular formula is C18H13N3O3. The minimum absolute atomic E-state index is 0.248. The molecule has 0 bridgehead atoms. The van der Waals surface area contributed by atoms with Gasteiger partial charge in [0.25, 0.3) is 5.91 Å². The first-order chi connectivity index (χ1) is 11.7. The monoisotopic (exact) mass is 319 g/mol. The minimum atomic E-state index is -0.392. The first-order valence-electron chi connectivity index (χ1n) is 7.41. The number of furan rings is 1. The number of nitrogens with zero attached hydrogens (tertiary/aromatic N) is 2. The van der Waals surface area contributed by atoms with Gasteiger partial charge in [-0.3, -0.25) is 10.1 Å². The van der Waals surface area contributed by atoms with Crippen molar-refractivity contribution in [2.75, 3.05) is 5.32 Å². The van der Waals surface area contributed by atoms with Crippen LogP contribution in [0.4, 0.5) is 5.82 Å². The van der Waals surface area contributed by atoms with E-state index in [9.17, 15) is 4.79 Å². The number of hydrogen-bond acceptors (Lipinski definition) is 5. The average molecular weight is 319 g/mol. The Balaban J connectivity index is 1.68. The Hall–Kier alpha value is -3.41. The Kier molecular flexibility index (Phi) is 3.35. The van der Waals surface area contributed by atoms with Gasteiger partial charge in [0.2, 0.25) is 5.82 Å². The van der Waals surface area contributed by atoms with Gasteiger partial charge in [-0.1, -0.05) is 48.5 Å². The van der Waals surface area contributed by atoms with Crippen molar-refractivity contribution in [3.05, 3.63) is 65.9 Å². The largest absolute Gasteiger partial charge is 0.451 e. The molecule has 4 aromatic rings. The number of fused-ring (bicyclic) bond motifs is 1. The zero-order valence-corrected chi connectivity index (χ0v) is 12.8. The second-order valence-corrected chi connectivity index (χ2v) is 5.33. The summed E-state index contributed by atoms with van der Waals surface area (Å²) in [6.45, 7) is 1.85. The molecule has 0 saturated heterocycles. The predicted molar refractivity (Wildman–Crippen MR) is 88.6 cm³/mol. The van der Waals surface area contributed by atoms with E-state index in [1.165, 1.54) is 0 Å². The van der Waals surface area contributed by atoms with Crippen molar-refractivity contribution in [2.45, 2.75) is 6.92 Å².